The van der Waals surface area contributed by atoms with Crippen LogP contribution < -0.4 is 5.11 Å². The second-order valence-electron chi connectivity index (χ2n) is 6.21. The molecule has 1 amide bonds. The average Bonchev–Trinajstić information content (AvgIpc) is 3.02. The van der Waals surface area contributed by atoms with Crippen LogP contribution in [-0.2, 0) is 30.7 Å². The lowest BCUT2D eigenvalue weighted by Crippen LogP contribution is -2.37. The maximum atomic E-state index is 13.1. The van der Waals surface area contributed by atoms with Crippen LogP contribution in [0.5, 0.6) is 0 Å². The third-order valence-electron chi connectivity index (χ3n) is 4.11. The zero-order valence-corrected chi connectivity index (χ0v) is 15.7. The molecule has 1 aromatic carbocycles. The molecule has 0 N–H and O–H groups in total. The predicted octanol–water partition coefficient (Wildman–Crippen LogP) is -0.811. The van der Waals surface area contributed by atoms with Crippen molar-refractivity contribution >= 4 is 38.6 Å². The minimum absolute atomic E-state index is 0.00333. The van der Waals surface area contributed by atoms with E-state index in [1.54, 1.807) is 17.0 Å². The minimum atomic E-state index is -3.17. The van der Waals surface area contributed by atoms with Gasteiger partial charge in [0.15, 0.2) is 15.0 Å². The van der Waals surface area contributed by atoms with Crippen molar-refractivity contribution in [3.8, 4) is 0 Å². The van der Waals surface area contributed by atoms with Gasteiger partial charge in [0.1, 0.15) is 12.4 Å². The highest BCUT2D eigenvalue weighted by molar-refractivity contribution is 8.15. The molecule has 2 heterocycles. The number of amidine groups is 1. The van der Waals surface area contributed by atoms with Gasteiger partial charge in [-0.25, -0.2) is 12.8 Å². The third-order valence-corrected chi connectivity index (χ3v) is 7.35. The molecule has 3 rings (SSSR count). The number of rotatable bonds is 6. The Morgan fingerprint density at radius 2 is 1.96 bits per heavy atom. The second kappa shape index (κ2) is 7.95. The van der Waals surface area contributed by atoms with Crippen LogP contribution in [0.2, 0.25) is 0 Å². The molecule has 2 fully saturated rings. The Bertz CT molecular complexity index is 871. The molecule has 8 nitrogen and oxygen atoms in total. The SMILES string of the molecule is O=C([O-])COCC(=O)N=C1S[C@@H]2CS(=O)(=O)C[C@H]2N1Cc1ccc(F)cc1. The molecule has 0 aromatic heterocycles. The smallest absolute Gasteiger partial charge is 0.274 e. The van der Waals surface area contributed by atoms with Crippen LogP contribution in [0.15, 0.2) is 29.3 Å². The third kappa shape index (κ3) is 5.05. The number of nitrogens with zero attached hydrogens (tertiary/aromatic N) is 2. The molecule has 2 saturated heterocycles. The summed E-state index contributed by atoms with van der Waals surface area (Å²) in [4.78, 5) is 27.9. The number of ether oxygens (including phenoxy) is 1. The van der Waals surface area contributed by atoms with E-state index in [2.05, 4.69) is 9.73 Å². The Morgan fingerprint density at radius 3 is 2.63 bits per heavy atom. The standard InChI is InChI=1S/C16H17FN2O6S2/c17-11-3-1-10(2-4-11)5-19-12-8-27(23,24)9-13(12)26-16(19)18-14(20)6-25-7-15(21)22/h1-4,12-13H,5-9H2,(H,21,22)/p-1/t12-,13-/m1/s1. The van der Waals surface area contributed by atoms with Gasteiger partial charge in [-0.1, -0.05) is 23.9 Å². The van der Waals surface area contributed by atoms with E-state index in [0.29, 0.717) is 5.17 Å². The summed E-state index contributed by atoms with van der Waals surface area (Å²) in [5, 5.41) is 10.4. The van der Waals surface area contributed by atoms with Gasteiger partial charge in [-0.15, -0.1) is 0 Å². The maximum Gasteiger partial charge on any atom is 0.274 e. The Hall–Kier alpha value is -1.98. The van der Waals surface area contributed by atoms with E-state index in [0.717, 1.165) is 5.56 Å². The maximum absolute atomic E-state index is 13.1. The second-order valence-corrected chi connectivity index (χ2v) is 9.57. The van der Waals surface area contributed by atoms with E-state index >= 15 is 0 Å². The molecular weight excluding hydrogens is 399 g/mol. The largest absolute Gasteiger partial charge is 0.548 e. The topological polar surface area (TPSA) is 116 Å². The Balaban J connectivity index is 1.77. The summed E-state index contributed by atoms with van der Waals surface area (Å²) in [7, 11) is -3.17. The van der Waals surface area contributed by atoms with Gasteiger partial charge in [-0.05, 0) is 17.7 Å². The van der Waals surface area contributed by atoms with Crippen LogP contribution in [0.4, 0.5) is 4.39 Å². The lowest BCUT2D eigenvalue weighted by Gasteiger charge is -2.24. The molecule has 0 saturated carbocycles. The summed E-state index contributed by atoms with van der Waals surface area (Å²) in [5.74, 6) is -2.55. The number of hydrogen-bond acceptors (Lipinski definition) is 7. The Kier molecular flexibility index (Phi) is 5.82. The lowest BCUT2D eigenvalue weighted by atomic mass is 10.1. The molecule has 2 atom stereocenters. The van der Waals surface area contributed by atoms with Crippen molar-refractivity contribution in [1.29, 1.82) is 0 Å². The molecular formula is C16H16FN2O6S2-. The van der Waals surface area contributed by atoms with Crippen LogP contribution in [0.25, 0.3) is 0 Å². The van der Waals surface area contributed by atoms with E-state index in [1.807, 2.05) is 0 Å². The summed E-state index contributed by atoms with van der Waals surface area (Å²) in [6.07, 6.45) is 0. The first-order chi connectivity index (χ1) is 12.7. The fraction of sp³-hybridized carbons (Fsp3) is 0.438. The molecule has 0 unspecified atom stereocenters. The van der Waals surface area contributed by atoms with Gasteiger partial charge in [-0.2, -0.15) is 4.99 Å². The van der Waals surface area contributed by atoms with Gasteiger partial charge in [-0.3, -0.25) is 4.79 Å². The zero-order chi connectivity index (χ0) is 19.6. The number of benzene rings is 1. The van der Waals surface area contributed by atoms with E-state index in [4.69, 9.17) is 0 Å². The number of carbonyl (C=O) groups excluding carboxylic acids is 2. The number of aliphatic carboxylic acids is 1. The molecule has 1 aromatic rings. The van der Waals surface area contributed by atoms with Crippen molar-refractivity contribution in [2.75, 3.05) is 24.7 Å². The van der Waals surface area contributed by atoms with E-state index in [-0.39, 0.29) is 35.2 Å². The molecule has 146 valence electrons. The summed E-state index contributed by atoms with van der Waals surface area (Å²) in [5.41, 5.74) is 0.746. The zero-order valence-electron chi connectivity index (χ0n) is 14.0. The van der Waals surface area contributed by atoms with Crippen LogP contribution in [0.3, 0.4) is 0 Å². The number of carboxylic acids is 1. The number of halogens is 1. The van der Waals surface area contributed by atoms with Crippen LogP contribution in [0, 0.1) is 5.82 Å². The van der Waals surface area contributed by atoms with Gasteiger partial charge in [0, 0.05) is 11.8 Å². The first kappa shape index (κ1) is 19.8. The molecule has 0 bridgehead atoms. The number of carboxylic acid groups (broad SMARTS) is 1. The van der Waals surface area contributed by atoms with E-state index < -0.39 is 34.9 Å². The first-order valence-electron chi connectivity index (χ1n) is 8.01. The number of amides is 1. The van der Waals surface area contributed by atoms with Gasteiger partial charge in [0.2, 0.25) is 0 Å². The summed E-state index contributed by atoms with van der Waals surface area (Å²) >= 11 is 1.20. The average molecular weight is 415 g/mol. The van der Waals surface area contributed by atoms with E-state index in [9.17, 15) is 27.5 Å². The van der Waals surface area contributed by atoms with Gasteiger partial charge < -0.3 is 19.5 Å². The number of sulfone groups is 1. The molecule has 2 aliphatic heterocycles. The number of hydrogen-bond donors (Lipinski definition) is 0. The molecule has 0 radical (unpaired) electrons. The minimum Gasteiger partial charge on any atom is -0.548 e. The van der Waals surface area contributed by atoms with Crippen LogP contribution in [0.1, 0.15) is 5.56 Å². The highest BCUT2D eigenvalue weighted by Gasteiger charge is 2.48. The molecule has 11 heteroatoms. The molecule has 0 aliphatic carbocycles. The quantitative estimate of drug-likeness (QED) is 0.592. The Morgan fingerprint density at radius 1 is 1.26 bits per heavy atom. The lowest BCUT2D eigenvalue weighted by molar-refractivity contribution is -0.309. The van der Waals surface area contributed by atoms with Crippen molar-refractivity contribution in [3.63, 3.8) is 0 Å². The number of aliphatic imine (C=N–C) groups is 1. The first-order valence-corrected chi connectivity index (χ1v) is 10.7. The number of fused-ring (bicyclic) bond motifs is 1. The van der Waals surface area contributed by atoms with E-state index in [1.165, 1.54) is 23.9 Å². The Labute approximate surface area is 159 Å². The van der Waals surface area contributed by atoms with Crippen molar-refractivity contribution in [2.45, 2.75) is 17.8 Å². The fourth-order valence-corrected chi connectivity index (χ4v) is 6.94. The highest BCUT2D eigenvalue weighted by atomic mass is 32.2. The van der Waals surface area contributed by atoms with Crippen molar-refractivity contribution in [3.05, 3.63) is 35.6 Å². The summed E-state index contributed by atoms with van der Waals surface area (Å²) < 4.78 is 41.7. The monoisotopic (exact) mass is 415 g/mol. The fourth-order valence-electron chi connectivity index (χ4n) is 2.97. The summed E-state index contributed by atoms with van der Waals surface area (Å²) in [6.45, 7) is -0.960. The summed E-state index contributed by atoms with van der Waals surface area (Å²) in [6, 6.07) is 5.44. The highest BCUT2D eigenvalue weighted by Crippen LogP contribution is 2.39. The van der Waals surface area contributed by atoms with Crippen molar-refractivity contribution < 1.29 is 32.2 Å². The van der Waals surface area contributed by atoms with Gasteiger partial charge in [0.05, 0.1) is 30.1 Å². The molecule has 27 heavy (non-hydrogen) atoms. The van der Waals surface area contributed by atoms with Crippen molar-refractivity contribution in [2.24, 2.45) is 4.99 Å². The van der Waals surface area contributed by atoms with Crippen molar-refractivity contribution in [1.82, 2.24) is 4.90 Å². The predicted molar refractivity (Wildman–Crippen MR) is 94.0 cm³/mol. The molecule has 0 spiro atoms. The van der Waals surface area contributed by atoms with Gasteiger partial charge in [0.25, 0.3) is 5.91 Å². The number of thioether (sulfide) groups is 1. The van der Waals surface area contributed by atoms with Crippen LogP contribution >= 0.6 is 11.8 Å². The van der Waals surface area contributed by atoms with Gasteiger partial charge >= 0.3 is 0 Å². The molecule has 2 aliphatic rings. The normalized spacial score (nSPS) is 24.9. The van der Waals surface area contributed by atoms with Crippen LogP contribution in [-0.4, -0.2) is 66.4 Å². The number of carbonyl (C=O) groups is 2.